The van der Waals surface area contributed by atoms with E-state index in [-0.39, 0.29) is 24.8 Å². The fourth-order valence-corrected chi connectivity index (χ4v) is 5.68. The first-order valence-corrected chi connectivity index (χ1v) is 12.6. The van der Waals surface area contributed by atoms with Crippen molar-refractivity contribution in [1.82, 2.24) is 4.31 Å². The topological polar surface area (TPSA) is 92.8 Å². The van der Waals surface area contributed by atoms with Gasteiger partial charge in [0.15, 0.2) is 0 Å². The van der Waals surface area contributed by atoms with E-state index in [1.54, 1.807) is 43.3 Å². The predicted octanol–water partition coefficient (Wildman–Crippen LogP) is 4.35. The van der Waals surface area contributed by atoms with E-state index in [0.29, 0.717) is 46.2 Å². The molecule has 2 aromatic carbocycles. The van der Waals surface area contributed by atoms with Crippen LogP contribution in [-0.4, -0.2) is 44.3 Å². The van der Waals surface area contributed by atoms with Gasteiger partial charge in [0.05, 0.1) is 23.8 Å². The highest BCUT2D eigenvalue weighted by Gasteiger charge is 2.32. The first-order chi connectivity index (χ1) is 15.2. The van der Waals surface area contributed by atoms with Crippen molar-refractivity contribution in [3.63, 3.8) is 0 Å². The molecule has 0 saturated carbocycles. The molecule has 1 fully saturated rings. The summed E-state index contributed by atoms with van der Waals surface area (Å²) in [6, 6.07) is 11.1. The number of nitrogens with one attached hydrogen (secondary N) is 1. The summed E-state index contributed by atoms with van der Waals surface area (Å²) >= 11 is 12.0. The Hall–Kier alpha value is -2.13. The summed E-state index contributed by atoms with van der Waals surface area (Å²) in [6.07, 6.45) is 1.16. The minimum atomic E-state index is -3.66. The van der Waals surface area contributed by atoms with Crippen LogP contribution >= 0.6 is 23.2 Å². The zero-order valence-corrected chi connectivity index (χ0v) is 19.8. The third-order valence-electron chi connectivity index (χ3n) is 5.16. The summed E-state index contributed by atoms with van der Waals surface area (Å²) in [5, 5.41) is 3.52. The van der Waals surface area contributed by atoms with Gasteiger partial charge >= 0.3 is 5.97 Å². The number of anilines is 1. The fraction of sp³-hybridized carbons (Fsp3) is 0.364. The van der Waals surface area contributed by atoms with Crippen molar-refractivity contribution in [2.24, 2.45) is 5.92 Å². The van der Waals surface area contributed by atoms with Gasteiger partial charge in [0.2, 0.25) is 15.9 Å². The van der Waals surface area contributed by atoms with Crippen molar-refractivity contribution in [1.29, 1.82) is 0 Å². The molecule has 1 aliphatic heterocycles. The zero-order valence-electron chi connectivity index (χ0n) is 17.5. The largest absolute Gasteiger partial charge is 0.462 e. The predicted molar refractivity (Wildman–Crippen MR) is 124 cm³/mol. The van der Waals surface area contributed by atoms with E-state index in [1.807, 2.05) is 0 Å². The van der Waals surface area contributed by atoms with Crippen LogP contribution in [0.5, 0.6) is 0 Å². The van der Waals surface area contributed by atoms with E-state index in [9.17, 15) is 18.0 Å². The second-order valence-electron chi connectivity index (χ2n) is 7.48. The minimum absolute atomic E-state index is 0.0975. The number of piperidine rings is 1. The number of hydrogen-bond acceptors (Lipinski definition) is 5. The molecule has 1 atom stereocenters. The van der Waals surface area contributed by atoms with E-state index in [2.05, 4.69) is 5.32 Å². The first-order valence-electron chi connectivity index (χ1n) is 10.2. The number of rotatable bonds is 7. The fourth-order valence-electron chi connectivity index (χ4n) is 3.48. The van der Waals surface area contributed by atoms with E-state index in [1.165, 1.54) is 10.4 Å². The molecule has 7 nitrogen and oxygen atoms in total. The Morgan fingerprint density at radius 2 is 1.88 bits per heavy atom. The Bertz CT molecular complexity index is 1090. The lowest BCUT2D eigenvalue weighted by Gasteiger charge is -2.31. The number of benzene rings is 2. The average molecular weight is 499 g/mol. The Kier molecular flexibility index (Phi) is 8.16. The Morgan fingerprint density at radius 3 is 2.53 bits per heavy atom. The van der Waals surface area contributed by atoms with Gasteiger partial charge in [-0.3, -0.25) is 4.79 Å². The molecule has 1 aliphatic rings. The zero-order chi connectivity index (χ0) is 23.3. The lowest BCUT2D eigenvalue weighted by atomic mass is 9.98. The quantitative estimate of drug-likeness (QED) is 0.572. The smallest absolute Gasteiger partial charge is 0.338 e. The van der Waals surface area contributed by atoms with Crippen molar-refractivity contribution < 1.29 is 22.7 Å². The third-order valence-corrected chi connectivity index (χ3v) is 7.55. The van der Waals surface area contributed by atoms with Crippen LogP contribution in [0.1, 0.15) is 35.7 Å². The maximum atomic E-state index is 12.9. The van der Waals surface area contributed by atoms with Gasteiger partial charge in [-0.15, -0.1) is 0 Å². The van der Waals surface area contributed by atoms with Crippen molar-refractivity contribution in [2.45, 2.75) is 25.5 Å². The van der Waals surface area contributed by atoms with Crippen LogP contribution in [0.25, 0.3) is 0 Å². The Labute approximate surface area is 197 Å². The summed E-state index contributed by atoms with van der Waals surface area (Å²) in [6.45, 7) is 2.46. The van der Waals surface area contributed by atoms with Crippen LogP contribution in [0.2, 0.25) is 10.0 Å². The summed E-state index contributed by atoms with van der Waals surface area (Å²) in [5.41, 5.74) is 1.38. The molecular weight excluding hydrogens is 475 g/mol. The van der Waals surface area contributed by atoms with Gasteiger partial charge < -0.3 is 10.1 Å². The molecule has 2 aromatic rings. The third kappa shape index (κ3) is 6.22. The molecule has 0 aliphatic carbocycles. The van der Waals surface area contributed by atoms with Crippen molar-refractivity contribution in [2.75, 3.05) is 25.0 Å². The molecule has 3 rings (SSSR count). The maximum Gasteiger partial charge on any atom is 0.338 e. The molecule has 1 saturated heterocycles. The van der Waals surface area contributed by atoms with Crippen molar-refractivity contribution in [3.05, 3.63) is 63.6 Å². The molecule has 1 heterocycles. The Balaban J connectivity index is 1.63. The van der Waals surface area contributed by atoms with Gasteiger partial charge in [-0.1, -0.05) is 29.3 Å². The Morgan fingerprint density at radius 1 is 1.16 bits per heavy atom. The standard InChI is InChI=1S/C22H24Cl2N2O5S/c1-2-31-22(28)15-6-9-19(10-7-15)25-21(27)16-4-3-11-26(13-16)32(29,30)14-17-5-8-18(23)12-20(17)24/h5-10,12,16H,2-4,11,13-14H2,1H3,(H,25,27)/t16-/m0/s1. The number of sulfonamides is 1. The number of halogens is 2. The molecule has 172 valence electrons. The molecule has 0 spiro atoms. The number of hydrogen-bond donors (Lipinski definition) is 1. The maximum absolute atomic E-state index is 12.9. The molecular formula is C22H24Cl2N2O5S. The SMILES string of the molecule is CCOC(=O)c1ccc(NC(=O)[C@H]2CCCN(S(=O)(=O)Cc3ccc(Cl)cc3Cl)C2)cc1. The molecule has 1 N–H and O–H groups in total. The highest BCUT2D eigenvalue weighted by atomic mass is 35.5. The van der Waals surface area contributed by atoms with Crippen LogP contribution in [0.15, 0.2) is 42.5 Å². The number of carbonyl (C=O) groups is 2. The number of esters is 1. The molecule has 32 heavy (non-hydrogen) atoms. The lowest BCUT2D eigenvalue weighted by Crippen LogP contribution is -2.44. The number of ether oxygens (including phenoxy) is 1. The van der Waals surface area contributed by atoms with Crippen LogP contribution < -0.4 is 5.32 Å². The van der Waals surface area contributed by atoms with Crippen molar-refractivity contribution in [3.8, 4) is 0 Å². The molecule has 0 aromatic heterocycles. The summed E-state index contributed by atoms with van der Waals surface area (Å²) < 4.78 is 32.1. The van der Waals surface area contributed by atoms with Crippen molar-refractivity contribution >= 4 is 50.8 Å². The highest BCUT2D eigenvalue weighted by molar-refractivity contribution is 7.88. The summed E-state index contributed by atoms with van der Waals surface area (Å²) in [5.74, 6) is -1.44. The summed E-state index contributed by atoms with van der Waals surface area (Å²) in [4.78, 5) is 24.5. The van der Waals surface area contributed by atoms with Crippen LogP contribution in [0.3, 0.4) is 0 Å². The molecule has 0 unspecified atom stereocenters. The van der Waals surface area contributed by atoms with E-state index in [4.69, 9.17) is 27.9 Å². The molecule has 0 bridgehead atoms. The second kappa shape index (κ2) is 10.7. The van der Waals surface area contributed by atoms with E-state index in [0.717, 1.165) is 0 Å². The van der Waals surface area contributed by atoms with Crippen LogP contribution in [0.4, 0.5) is 5.69 Å². The number of carbonyl (C=O) groups excluding carboxylic acids is 2. The summed E-state index contributed by atoms with van der Waals surface area (Å²) in [7, 11) is -3.66. The normalized spacial score (nSPS) is 17.0. The van der Waals surface area contributed by atoms with Crippen LogP contribution in [0, 0.1) is 5.92 Å². The van der Waals surface area contributed by atoms with Gasteiger partial charge in [-0.2, -0.15) is 0 Å². The number of amides is 1. The van der Waals surface area contributed by atoms with Gasteiger partial charge in [0.25, 0.3) is 0 Å². The first kappa shape index (κ1) is 24.5. The average Bonchev–Trinajstić information content (AvgIpc) is 2.76. The lowest BCUT2D eigenvalue weighted by molar-refractivity contribution is -0.120. The van der Waals surface area contributed by atoms with Gasteiger partial charge in [0, 0.05) is 28.8 Å². The highest BCUT2D eigenvalue weighted by Crippen LogP contribution is 2.27. The van der Waals surface area contributed by atoms with Gasteiger partial charge in [-0.25, -0.2) is 17.5 Å². The van der Waals surface area contributed by atoms with E-state index >= 15 is 0 Å². The monoisotopic (exact) mass is 498 g/mol. The second-order valence-corrected chi connectivity index (χ2v) is 10.3. The molecule has 10 heteroatoms. The van der Waals surface area contributed by atoms with Gasteiger partial charge in [0.1, 0.15) is 0 Å². The van der Waals surface area contributed by atoms with Crippen LogP contribution in [-0.2, 0) is 25.3 Å². The van der Waals surface area contributed by atoms with Gasteiger partial charge in [-0.05, 0) is 61.7 Å². The molecule has 0 radical (unpaired) electrons. The number of nitrogens with zero attached hydrogens (tertiary/aromatic N) is 1. The molecule has 1 amide bonds. The minimum Gasteiger partial charge on any atom is -0.462 e. The van der Waals surface area contributed by atoms with E-state index < -0.39 is 21.9 Å².